The molecule has 0 atom stereocenters. The summed E-state index contributed by atoms with van der Waals surface area (Å²) < 4.78 is 7.54. The van der Waals surface area contributed by atoms with E-state index in [0.717, 1.165) is 0 Å². The SMILES string of the molecule is Nc1cn[se]n1. The molecule has 1 rings (SSSR count). The van der Waals surface area contributed by atoms with E-state index >= 15 is 0 Å². The molecule has 0 aliphatic rings. The van der Waals surface area contributed by atoms with Crippen LogP contribution in [0.25, 0.3) is 0 Å². The summed E-state index contributed by atoms with van der Waals surface area (Å²) in [6.45, 7) is 0. The Hall–Kier alpha value is -0.341. The minimum atomic E-state index is 0.0735. The second-order valence-corrected chi connectivity index (χ2v) is 2.00. The average molecular weight is 148 g/mol. The molecule has 0 saturated heterocycles. The molecule has 0 amide bonds. The Balaban J connectivity index is 3.05. The molecule has 1 heterocycles. The number of nitrogens with two attached hydrogens (primary N) is 1. The molecule has 2 N–H and O–H groups in total. The summed E-state index contributed by atoms with van der Waals surface area (Å²) in [6, 6.07) is 0. The molecule has 1 aromatic rings. The van der Waals surface area contributed by atoms with Gasteiger partial charge >= 0.3 is 40.7 Å². The number of rotatable bonds is 0. The van der Waals surface area contributed by atoms with Crippen molar-refractivity contribution in [2.24, 2.45) is 0 Å². The van der Waals surface area contributed by atoms with E-state index in [9.17, 15) is 0 Å². The number of hydrogen-bond acceptors (Lipinski definition) is 3. The Kier molecular flexibility index (Phi) is 0.900. The van der Waals surface area contributed by atoms with Gasteiger partial charge in [-0.15, -0.1) is 0 Å². The van der Waals surface area contributed by atoms with E-state index in [1.54, 1.807) is 6.20 Å². The number of aromatic nitrogens is 2. The van der Waals surface area contributed by atoms with Crippen LogP contribution in [-0.4, -0.2) is 22.9 Å². The van der Waals surface area contributed by atoms with Gasteiger partial charge in [-0.05, 0) is 0 Å². The fraction of sp³-hybridized carbons (Fsp3) is 0. The van der Waals surface area contributed by atoms with Crippen LogP contribution in [0.1, 0.15) is 0 Å². The Bertz CT molecular complexity index is 112. The van der Waals surface area contributed by atoms with Crippen molar-refractivity contribution < 1.29 is 0 Å². The first-order valence-corrected chi connectivity index (χ1v) is 2.96. The first-order chi connectivity index (χ1) is 2.89. The zero-order chi connectivity index (χ0) is 4.41. The van der Waals surface area contributed by atoms with Crippen LogP contribution < -0.4 is 5.73 Å². The van der Waals surface area contributed by atoms with Crippen LogP contribution in [0.4, 0.5) is 5.82 Å². The summed E-state index contributed by atoms with van der Waals surface area (Å²) in [4.78, 5) is 0. The van der Waals surface area contributed by atoms with Crippen molar-refractivity contribution in [2.45, 2.75) is 0 Å². The van der Waals surface area contributed by atoms with Crippen LogP contribution in [0.15, 0.2) is 6.20 Å². The van der Waals surface area contributed by atoms with Crippen LogP contribution in [0.3, 0.4) is 0 Å². The van der Waals surface area contributed by atoms with E-state index in [-0.39, 0.29) is 15.0 Å². The van der Waals surface area contributed by atoms with Gasteiger partial charge in [0.25, 0.3) is 0 Å². The fourth-order valence-corrected chi connectivity index (χ4v) is 0.893. The van der Waals surface area contributed by atoms with Crippen LogP contribution in [0, 0.1) is 0 Å². The zero-order valence-corrected chi connectivity index (χ0v) is 4.67. The maximum absolute atomic E-state index is 5.15. The molecule has 1 aromatic heterocycles. The summed E-state index contributed by atoms with van der Waals surface area (Å²) in [5, 5.41) is 0. The molecule has 0 aliphatic carbocycles. The molecule has 3 nitrogen and oxygen atoms in total. The molecule has 32 valence electrons. The second kappa shape index (κ2) is 1.41. The molecule has 4 heteroatoms. The van der Waals surface area contributed by atoms with Gasteiger partial charge in [0.05, 0.1) is 0 Å². The van der Waals surface area contributed by atoms with Crippen LogP contribution >= 0.6 is 0 Å². The van der Waals surface area contributed by atoms with Crippen LogP contribution in [0.2, 0.25) is 0 Å². The van der Waals surface area contributed by atoms with Crippen molar-refractivity contribution in [1.82, 2.24) is 7.96 Å². The van der Waals surface area contributed by atoms with Gasteiger partial charge < -0.3 is 0 Å². The maximum atomic E-state index is 5.15. The van der Waals surface area contributed by atoms with Gasteiger partial charge in [-0.25, -0.2) is 0 Å². The van der Waals surface area contributed by atoms with Gasteiger partial charge in [-0.2, -0.15) is 0 Å². The summed E-state index contributed by atoms with van der Waals surface area (Å²) in [5.41, 5.74) is 5.15. The van der Waals surface area contributed by atoms with Gasteiger partial charge in [0.2, 0.25) is 0 Å². The molecule has 0 saturated carbocycles. The Morgan fingerprint density at radius 3 is 2.83 bits per heavy atom. The Morgan fingerprint density at radius 1 is 1.83 bits per heavy atom. The zero-order valence-electron chi connectivity index (χ0n) is 2.96. The van der Waals surface area contributed by atoms with E-state index in [2.05, 4.69) is 7.96 Å². The standard InChI is InChI=1S/C2H3N3Se/c3-2-1-4-6-5-2/h1H,(H2,3,5). The summed E-state index contributed by atoms with van der Waals surface area (Å²) in [5.74, 6) is 0.565. The van der Waals surface area contributed by atoms with Crippen molar-refractivity contribution in [1.29, 1.82) is 0 Å². The molecule has 0 aliphatic heterocycles. The predicted molar refractivity (Wildman–Crippen MR) is 23.4 cm³/mol. The van der Waals surface area contributed by atoms with Gasteiger partial charge in [0, 0.05) is 0 Å². The number of nitrogens with zero attached hydrogens (tertiary/aromatic N) is 2. The molecule has 0 bridgehead atoms. The molecule has 0 unspecified atom stereocenters. The monoisotopic (exact) mass is 149 g/mol. The van der Waals surface area contributed by atoms with E-state index in [1.165, 1.54) is 0 Å². The average Bonchev–Trinajstić information content (AvgIpc) is 1.86. The normalized spacial score (nSPS) is 8.67. The van der Waals surface area contributed by atoms with E-state index < -0.39 is 0 Å². The Morgan fingerprint density at radius 2 is 2.67 bits per heavy atom. The fourth-order valence-electron chi connectivity index (χ4n) is 0.172. The molecule has 0 fully saturated rings. The van der Waals surface area contributed by atoms with Crippen molar-refractivity contribution in [2.75, 3.05) is 5.73 Å². The summed E-state index contributed by atoms with van der Waals surface area (Å²) >= 11 is 0.0735. The number of hydrogen-bond donors (Lipinski definition) is 1. The third-order valence-corrected chi connectivity index (χ3v) is 1.41. The predicted octanol–water partition coefficient (Wildman–Crippen LogP) is -0.884. The second-order valence-electron chi connectivity index (χ2n) is 0.832. The third kappa shape index (κ3) is 0.584. The van der Waals surface area contributed by atoms with Gasteiger partial charge in [-0.3, -0.25) is 0 Å². The minimum absolute atomic E-state index is 0.0735. The van der Waals surface area contributed by atoms with E-state index in [1.807, 2.05) is 0 Å². The van der Waals surface area contributed by atoms with E-state index in [0.29, 0.717) is 5.82 Å². The summed E-state index contributed by atoms with van der Waals surface area (Å²) in [6.07, 6.45) is 1.58. The van der Waals surface area contributed by atoms with Gasteiger partial charge in [0.1, 0.15) is 0 Å². The van der Waals surface area contributed by atoms with Crippen molar-refractivity contribution in [3.05, 3.63) is 6.20 Å². The van der Waals surface area contributed by atoms with Crippen LogP contribution in [0.5, 0.6) is 0 Å². The number of anilines is 1. The first-order valence-electron chi connectivity index (χ1n) is 1.42. The molecule has 6 heavy (non-hydrogen) atoms. The van der Waals surface area contributed by atoms with Crippen molar-refractivity contribution in [3.8, 4) is 0 Å². The van der Waals surface area contributed by atoms with E-state index in [4.69, 9.17) is 5.73 Å². The quantitative estimate of drug-likeness (QED) is 0.486. The molecule has 0 radical (unpaired) electrons. The molecule has 0 spiro atoms. The Labute approximate surface area is 41.4 Å². The van der Waals surface area contributed by atoms with Crippen molar-refractivity contribution >= 4 is 20.8 Å². The molecular weight excluding hydrogens is 145 g/mol. The van der Waals surface area contributed by atoms with Crippen molar-refractivity contribution in [3.63, 3.8) is 0 Å². The van der Waals surface area contributed by atoms with Gasteiger partial charge in [-0.1, -0.05) is 0 Å². The molecular formula is C2H3N3Se. The number of nitrogen functional groups attached to an aromatic ring is 1. The van der Waals surface area contributed by atoms with Gasteiger partial charge in [0.15, 0.2) is 0 Å². The molecule has 0 aromatic carbocycles. The summed E-state index contributed by atoms with van der Waals surface area (Å²) in [7, 11) is 0. The van der Waals surface area contributed by atoms with Crippen LogP contribution in [-0.2, 0) is 0 Å². The third-order valence-electron chi connectivity index (χ3n) is 0.378. The topological polar surface area (TPSA) is 51.8 Å². The first kappa shape index (κ1) is 3.84.